The Morgan fingerprint density at radius 2 is 1.96 bits per heavy atom. The largest absolute Gasteiger partial charge is 0.444 e. The Bertz CT molecular complexity index is 638. The van der Waals surface area contributed by atoms with E-state index in [9.17, 15) is 13.2 Å². The Kier molecular flexibility index (Phi) is 5.31. The quantitative estimate of drug-likeness (QED) is 0.912. The molecule has 7 heteroatoms. The molecule has 0 bridgehead atoms. The Hall–Kier alpha value is -1.60. The van der Waals surface area contributed by atoms with E-state index in [2.05, 4.69) is 4.72 Å². The minimum Gasteiger partial charge on any atom is -0.444 e. The third-order valence-corrected chi connectivity index (χ3v) is 4.99. The summed E-state index contributed by atoms with van der Waals surface area (Å²) in [5.41, 5.74) is -0.524. The molecule has 0 radical (unpaired) electrons. The molecule has 6 nitrogen and oxygen atoms in total. The average Bonchev–Trinajstić information content (AvgIpc) is 2.94. The lowest BCUT2D eigenvalue weighted by Gasteiger charge is -2.24. The topological polar surface area (TPSA) is 75.7 Å². The molecule has 0 aromatic heterocycles. The molecule has 0 spiro atoms. The van der Waals surface area contributed by atoms with Crippen LogP contribution in [0.2, 0.25) is 0 Å². The van der Waals surface area contributed by atoms with Gasteiger partial charge in [-0.15, -0.1) is 0 Å². The third kappa shape index (κ3) is 5.21. The molecule has 1 atom stereocenters. The molecule has 1 saturated heterocycles. The summed E-state index contributed by atoms with van der Waals surface area (Å²) in [7, 11) is -3.50. The van der Waals surface area contributed by atoms with Crippen LogP contribution in [0.3, 0.4) is 0 Å². The van der Waals surface area contributed by atoms with Crippen LogP contribution in [0.1, 0.15) is 27.2 Å². The van der Waals surface area contributed by atoms with Crippen LogP contribution in [-0.4, -0.2) is 44.6 Å². The van der Waals surface area contributed by atoms with Crippen molar-refractivity contribution in [2.45, 2.75) is 37.7 Å². The number of hydrogen-bond acceptors (Lipinski definition) is 4. The molecule has 0 aliphatic carbocycles. The van der Waals surface area contributed by atoms with Crippen LogP contribution in [0.25, 0.3) is 0 Å². The molecule has 2 rings (SSSR count). The maximum Gasteiger partial charge on any atom is 0.410 e. The lowest BCUT2D eigenvalue weighted by atomic mass is 10.1. The SMILES string of the molecule is CC(C)(C)OC(=O)N1CCC(CNS(=O)(=O)c2ccccc2)C1. The van der Waals surface area contributed by atoms with Gasteiger partial charge in [-0.25, -0.2) is 17.9 Å². The first kappa shape index (κ1) is 17.7. The van der Waals surface area contributed by atoms with Crippen LogP contribution in [0.5, 0.6) is 0 Å². The Morgan fingerprint density at radius 3 is 2.57 bits per heavy atom. The van der Waals surface area contributed by atoms with Gasteiger partial charge in [0.2, 0.25) is 10.0 Å². The Balaban J connectivity index is 1.86. The van der Waals surface area contributed by atoms with Gasteiger partial charge in [0.1, 0.15) is 5.60 Å². The summed E-state index contributed by atoms with van der Waals surface area (Å²) in [4.78, 5) is 13.9. The molecule has 1 aromatic carbocycles. The molecule has 1 aromatic rings. The minimum atomic E-state index is -3.50. The van der Waals surface area contributed by atoms with Gasteiger partial charge in [0, 0.05) is 19.6 Å². The van der Waals surface area contributed by atoms with Gasteiger partial charge in [0.05, 0.1) is 4.90 Å². The molecular weight excluding hydrogens is 316 g/mol. The Labute approximate surface area is 137 Å². The highest BCUT2D eigenvalue weighted by atomic mass is 32.2. The number of hydrogen-bond donors (Lipinski definition) is 1. The predicted octanol–water partition coefficient (Wildman–Crippen LogP) is 2.22. The van der Waals surface area contributed by atoms with Crippen molar-refractivity contribution < 1.29 is 17.9 Å². The van der Waals surface area contributed by atoms with Gasteiger partial charge < -0.3 is 9.64 Å². The highest BCUT2D eigenvalue weighted by Crippen LogP contribution is 2.19. The number of nitrogens with one attached hydrogen (secondary N) is 1. The van der Waals surface area contributed by atoms with E-state index < -0.39 is 15.6 Å². The van der Waals surface area contributed by atoms with Crippen molar-refractivity contribution in [3.05, 3.63) is 30.3 Å². The summed E-state index contributed by atoms with van der Waals surface area (Å²) in [5.74, 6) is 0.0982. The summed E-state index contributed by atoms with van der Waals surface area (Å²) in [6.07, 6.45) is 0.419. The molecule has 1 aliphatic heterocycles. The number of sulfonamides is 1. The van der Waals surface area contributed by atoms with Crippen molar-refractivity contribution in [1.29, 1.82) is 0 Å². The van der Waals surface area contributed by atoms with Crippen LogP contribution in [0, 0.1) is 5.92 Å². The van der Waals surface area contributed by atoms with Crippen LogP contribution in [-0.2, 0) is 14.8 Å². The van der Waals surface area contributed by atoms with Crippen LogP contribution < -0.4 is 4.72 Å². The second-order valence-corrected chi connectivity index (χ2v) is 8.51. The van der Waals surface area contributed by atoms with Gasteiger partial charge in [0.15, 0.2) is 0 Å². The van der Waals surface area contributed by atoms with Crippen molar-refractivity contribution >= 4 is 16.1 Å². The van der Waals surface area contributed by atoms with E-state index >= 15 is 0 Å². The smallest absolute Gasteiger partial charge is 0.410 e. The molecule has 1 aliphatic rings. The van der Waals surface area contributed by atoms with Crippen LogP contribution >= 0.6 is 0 Å². The maximum absolute atomic E-state index is 12.2. The Morgan fingerprint density at radius 1 is 1.30 bits per heavy atom. The van der Waals surface area contributed by atoms with E-state index in [4.69, 9.17) is 4.74 Å². The van der Waals surface area contributed by atoms with Gasteiger partial charge >= 0.3 is 6.09 Å². The first-order chi connectivity index (χ1) is 10.7. The van der Waals surface area contributed by atoms with Gasteiger partial charge in [-0.3, -0.25) is 0 Å². The van der Waals surface area contributed by atoms with Crippen LogP contribution in [0.4, 0.5) is 4.79 Å². The monoisotopic (exact) mass is 340 g/mol. The molecule has 1 fully saturated rings. The molecule has 1 heterocycles. The van der Waals surface area contributed by atoms with Crippen molar-refractivity contribution in [1.82, 2.24) is 9.62 Å². The number of carbonyl (C=O) groups excluding carboxylic acids is 1. The number of likely N-dealkylation sites (tertiary alicyclic amines) is 1. The van der Waals surface area contributed by atoms with Gasteiger partial charge in [-0.2, -0.15) is 0 Å². The highest BCUT2D eigenvalue weighted by Gasteiger charge is 2.30. The highest BCUT2D eigenvalue weighted by molar-refractivity contribution is 7.89. The van der Waals surface area contributed by atoms with E-state index in [1.54, 1.807) is 35.2 Å². The second-order valence-electron chi connectivity index (χ2n) is 6.75. The van der Waals surface area contributed by atoms with Crippen molar-refractivity contribution in [2.75, 3.05) is 19.6 Å². The lowest BCUT2D eigenvalue weighted by Crippen LogP contribution is -2.36. The standard InChI is InChI=1S/C16H24N2O4S/c1-16(2,3)22-15(19)18-10-9-13(12-18)11-17-23(20,21)14-7-5-4-6-8-14/h4-8,13,17H,9-12H2,1-3H3. The van der Waals surface area contributed by atoms with E-state index in [0.717, 1.165) is 6.42 Å². The van der Waals surface area contributed by atoms with Gasteiger partial charge in [-0.1, -0.05) is 18.2 Å². The van der Waals surface area contributed by atoms with Crippen molar-refractivity contribution in [3.8, 4) is 0 Å². The third-order valence-electron chi connectivity index (χ3n) is 3.55. The molecule has 1 unspecified atom stereocenters. The summed E-state index contributed by atoms with van der Waals surface area (Å²) in [5, 5.41) is 0. The second kappa shape index (κ2) is 6.88. The summed E-state index contributed by atoms with van der Waals surface area (Å²) in [6.45, 7) is 6.89. The first-order valence-electron chi connectivity index (χ1n) is 7.70. The number of nitrogens with zero attached hydrogens (tertiary/aromatic N) is 1. The summed E-state index contributed by atoms with van der Waals surface area (Å²) < 4.78 is 32.3. The minimum absolute atomic E-state index is 0.0982. The zero-order chi connectivity index (χ0) is 17.1. The van der Waals surface area contributed by atoms with Gasteiger partial charge in [0.25, 0.3) is 0 Å². The molecular formula is C16H24N2O4S. The molecule has 1 amide bonds. The zero-order valence-corrected chi connectivity index (χ0v) is 14.6. The number of amides is 1. The zero-order valence-electron chi connectivity index (χ0n) is 13.8. The summed E-state index contributed by atoms with van der Waals surface area (Å²) in [6, 6.07) is 8.27. The fourth-order valence-corrected chi connectivity index (χ4v) is 3.54. The van der Waals surface area contributed by atoms with E-state index in [0.29, 0.717) is 19.6 Å². The van der Waals surface area contributed by atoms with Crippen molar-refractivity contribution in [2.24, 2.45) is 5.92 Å². The fraction of sp³-hybridized carbons (Fsp3) is 0.562. The van der Waals surface area contributed by atoms with E-state index in [-0.39, 0.29) is 16.9 Å². The van der Waals surface area contributed by atoms with Crippen LogP contribution in [0.15, 0.2) is 35.2 Å². The van der Waals surface area contributed by atoms with Crippen molar-refractivity contribution in [3.63, 3.8) is 0 Å². The lowest BCUT2D eigenvalue weighted by molar-refractivity contribution is 0.0288. The molecule has 128 valence electrons. The van der Waals surface area contributed by atoms with E-state index in [1.165, 1.54) is 0 Å². The molecule has 1 N–H and O–H groups in total. The van der Waals surface area contributed by atoms with E-state index in [1.807, 2.05) is 20.8 Å². The normalized spacial score (nSPS) is 18.9. The van der Waals surface area contributed by atoms with Gasteiger partial charge in [-0.05, 0) is 45.2 Å². The first-order valence-corrected chi connectivity index (χ1v) is 9.18. The summed E-state index contributed by atoms with van der Waals surface area (Å²) >= 11 is 0. The number of carbonyl (C=O) groups is 1. The maximum atomic E-state index is 12.2. The average molecular weight is 340 g/mol. The fourth-order valence-electron chi connectivity index (χ4n) is 2.40. The number of benzene rings is 1. The number of ether oxygens (including phenoxy) is 1. The molecule has 0 saturated carbocycles. The molecule has 23 heavy (non-hydrogen) atoms. The number of rotatable bonds is 4. The predicted molar refractivity (Wildman–Crippen MR) is 87.5 cm³/mol.